The predicted octanol–water partition coefficient (Wildman–Crippen LogP) is 2.54. The quantitative estimate of drug-likeness (QED) is 0.750. The molecule has 4 amide bonds. The molecule has 0 aliphatic carbocycles. The number of hydrogen-bond donors (Lipinski definition) is 0. The third-order valence-electron chi connectivity index (χ3n) is 5.88. The second-order valence-corrected chi connectivity index (χ2v) is 7.44. The summed E-state index contributed by atoms with van der Waals surface area (Å²) in [6.45, 7) is 3.38. The highest BCUT2D eigenvalue weighted by atomic mass is 16.2. The molecule has 2 aliphatic rings. The van der Waals surface area contributed by atoms with Crippen LogP contribution in [0.5, 0.6) is 0 Å². The fourth-order valence-electron chi connectivity index (χ4n) is 4.26. The third kappa shape index (κ3) is 3.26. The molecule has 0 radical (unpaired) electrons. The molecule has 4 rings (SSSR count). The number of piperidine rings is 1. The smallest absolute Gasteiger partial charge is 0.327 e. The van der Waals surface area contributed by atoms with Crippen molar-refractivity contribution >= 4 is 17.8 Å². The highest BCUT2D eigenvalue weighted by Crippen LogP contribution is 2.38. The van der Waals surface area contributed by atoms with Crippen LogP contribution < -0.4 is 0 Å². The number of carbonyl (C=O) groups excluding carboxylic acids is 3. The summed E-state index contributed by atoms with van der Waals surface area (Å²) in [6.07, 6.45) is 2.46. The molecule has 3 heterocycles. The summed E-state index contributed by atoms with van der Waals surface area (Å²) >= 11 is 0. The van der Waals surface area contributed by atoms with Crippen LogP contribution in [-0.4, -0.2) is 62.7 Å². The number of imide groups is 1. The molecule has 0 N–H and O–H groups in total. The molecule has 2 fully saturated rings. The Labute approximate surface area is 169 Å². The zero-order valence-corrected chi connectivity index (χ0v) is 16.5. The monoisotopic (exact) mass is 392 g/mol. The maximum atomic E-state index is 13.2. The third-order valence-corrected chi connectivity index (χ3v) is 5.88. The fraction of sp³-hybridized carbons (Fsp3) is 0.364. The molecule has 29 heavy (non-hydrogen) atoms. The largest absolute Gasteiger partial charge is 0.337 e. The molecular formula is C22H24N4O3. The first kappa shape index (κ1) is 19.1. The Balaban J connectivity index is 1.57. The van der Waals surface area contributed by atoms with E-state index in [-0.39, 0.29) is 17.8 Å². The summed E-state index contributed by atoms with van der Waals surface area (Å²) in [5.74, 6) is -0.287. The number of urea groups is 1. The molecule has 1 aromatic heterocycles. The minimum absolute atomic E-state index is 0.140. The van der Waals surface area contributed by atoms with Gasteiger partial charge in [-0.1, -0.05) is 36.4 Å². The molecular weight excluding hydrogens is 368 g/mol. The SMILES string of the molecule is CCN1C(=O)N(Cc2ccccc2)C2(CCN(C(=O)c3ccccn3)CC2)C1=O. The molecule has 150 valence electrons. The lowest BCUT2D eigenvalue weighted by Gasteiger charge is -2.42. The van der Waals surface area contributed by atoms with Crippen LogP contribution in [0.15, 0.2) is 54.7 Å². The molecule has 1 spiro atoms. The van der Waals surface area contributed by atoms with Crippen molar-refractivity contribution < 1.29 is 14.4 Å². The van der Waals surface area contributed by atoms with Crippen LogP contribution in [0.1, 0.15) is 35.8 Å². The molecule has 2 aromatic rings. The normalized spacial score (nSPS) is 18.6. The second-order valence-electron chi connectivity index (χ2n) is 7.44. The maximum Gasteiger partial charge on any atom is 0.327 e. The minimum atomic E-state index is -0.885. The first-order chi connectivity index (χ1) is 14.1. The van der Waals surface area contributed by atoms with Gasteiger partial charge in [0.25, 0.3) is 11.8 Å². The van der Waals surface area contributed by atoms with Crippen LogP contribution >= 0.6 is 0 Å². The lowest BCUT2D eigenvalue weighted by atomic mass is 9.85. The van der Waals surface area contributed by atoms with Crippen LogP contribution in [0.3, 0.4) is 0 Å². The van der Waals surface area contributed by atoms with E-state index in [1.807, 2.05) is 37.3 Å². The number of likely N-dealkylation sites (N-methyl/N-ethyl adjacent to an activating group) is 1. The van der Waals surface area contributed by atoms with E-state index >= 15 is 0 Å². The number of carbonyl (C=O) groups is 3. The van der Waals surface area contributed by atoms with Crippen LogP contribution in [-0.2, 0) is 11.3 Å². The predicted molar refractivity (Wildman–Crippen MR) is 107 cm³/mol. The Morgan fingerprint density at radius 3 is 2.34 bits per heavy atom. The zero-order valence-electron chi connectivity index (χ0n) is 16.5. The molecule has 0 atom stereocenters. The van der Waals surface area contributed by atoms with Crippen molar-refractivity contribution in [2.75, 3.05) is 19.6 Å². The Morgan fingerprint density at radius 1 is 1.03 bits per heavy atom. The van der Waals surface area contributed by atoms with Crippen LogP contribution in [0, 0.1) is 0 Å². The number of rotatable bonds is 4. The molecule has 0 bridgehead atoms. The van der Waals surface area contributed by atoms with Gasteiger partial charge in [0.1, 0.15) is 11.2 Å². The molecule has 2 saturated heterocycles. The first-order valence-corrected chi connectivity index (χ1v) is 9.94. The fourth-order valence-corrected chi connectivity index (χ4v) is 4.26. The van der Waals surface area contributed by atoms with E-state index in [1.165, 1.54) is 4.90 Å². The highest BCUT2D eigenvalue weighted by molar-refractivity contribution is 6.07. The van der Waals surface area contributed by atoms with Crippen molar-refractivity contribution in [2.45, 2.75) is 31.8 Å². The van der Waals surface area contributed by atoms with Gasteiger partial charge in [0.05, 0.1) is 0 Å². The Hall–Kier alpha value is -3.22. The van der Waals surface area contributed by atoms with Crippen molar-refractivity contribution in [3.8, 4) is 0 Å². The minimum Gasteiger partial charge on any atom is -0.337 e. The van der Waals surface area contributed by atoms with Crippen LogP contribution in [0.4, 0.5) is 4.79 Å². The van der Waals surface area contributed by atoms with E-state index in [2.05, 4.69) is 4.98 Å². The number of likely N-dealkylation sites (tertiary alicyclic amines) is 1. The Kier molecular flexibility index (Phi) is 5.05. The van der Waals surface area contributed by atoms with Gasteiger partial charge in [-0.15, -0.1) is 0 Å². The Morgan fingerprint density at radius 2 is 1.72 bits per heavy atom. The summed E-state index contributed by atoms with van der Waals surface area (Å²) in [6, 6.07) is 14.7. The summed E-state index contributed by atoms with van der Waals surface area (Å²) in [5.41, 5.74) is 0.496. The van der Waals surface area contributed by atoms with Gasteiger partial charge < -0.3 is 9.80 Å². The van der Waals surface area contributed by atoms with Crippen LogP contribution in [0.25, 0.3) is 0 Å². The number of pyridine rings is 1. The number of benzene rings is 1. The average Bonchev–Trinajstić information content (AvgIpc) is 2.96. The van der Waals surface area contributed by atoms with Gasteiger partial charge in [0, 0.05) is 32.4 Å². The van der Waals surface area contributed by atoms with E-state index in [0.29, 0.717) is 44.7 Å². The lowest BCUT2D eigenvalue weighted by Crippen LogP contribution is -2.57. The molecule has 7 heteroatoms. The topological polar surface area (TPSA) is 73.8 Å². The van der Waals surface area contributed by atoms with Gasteiger partial charge >= 0.3 is 6.03 Å². The van der Waals surface area contributed by atoms with Crippen molar-refractivity contribution in [2.24, 2.45) is 0 Å². The number of aromatic nitrogens is 1. The molecule has 2 aliphatic heterocycles. The van der Waals surface area contributed by atoms with E-state index in [4.69, 9.17) is 0 Å². The number of hydrogen-bond acceptors (Lipinski definition) is 4. The zero-order chi connectivity index (χ0) is 20.4. The van der Waals surface area contributed by atoms with Gasteiger partial charge in [0.2, 0.25) is 0 Å². The van der Waals surface area contributed by atoms with Crippen LogP contribution in [0.2, 0.25) is 0 Å². The first-order valence-electron chi connectivity index (χ1n) is 9.94. The average molecular weight is 392 g/mol. The van der Waals surface area contributed by atoms with Gasteiger partial charge in [-0.25, -0.2) is 4.79 Å². The summed E-state index contributed by atoms with van der Waals surface area (Å²) in [7, 11) is 0. The van der Waals surface area contributed by atoms with Crippen molar-refractivity contribution in [3.63, 3.8) is 0 Å². The number of nitrogens with zero attached hydrogens (tertiary/aromatic N) is 4. The van der Waals surface area contributed by atoms with E-state index in [1.54, 1.807) is 34.2 Å². The van der Waals surface area contributed by atoms with E-state index in [9.17, 15) is 14.4 Å². The molecule has 0 unspecified atom stereocenters. The van der Waals surface area contributed by atoms with Gasteiger partial charge in [0.15, 0.2) is 0 Å². The van der Waals surface area contributed by atoms with Crippen molar-refractivity contribution in [3.05, 3.63) is 66.0 Å². The maximum absolute atomic E-state index is 13.2. The van der Waals surface area contributed by atoms with Crippen molar-refractivity contribution in [1.82, 2.24) is 19.7 Å². The lowest BCUT2D eigenvalue weighted by molar-refractivity contribution is -0.135. The molecule has 1 aromatic carbocycles. The van der Waals surface area contributed by atoms with Gasteiger partial charge in [-0.3, -0.25) is 19.5 Å². The summed E-state index contributed by atoms with van der Waals surface area (Å²) < 4.78 is 0. The summed E-state index contributed by atoms with van der Waals surface area (Å²) in [4.78, 5) is 47.8. The van der Waals surface area contributed by atoms with Gasteiger partial charge in [-0.2, -0.15) is 0 Å². The molecule has 7 nitrogen and oxygen atoms in total. The number of amides is 4. The standard InChI is InChI=1S/C22H24N4O3/c1-2-25-20(28)22(26(21(25)29)16-17-8-4-3-5-9-17)11-14-24(15-12-22)19(27)18-10-6-7-13-23-18/h3-10,13H,2,11-12,14-16H2,1H3. The van der Waals surface area contributed by atoms with E-state index in [0.717, 1.165) is 5.56 Å². The second kappa shape index (κ2) is 7.66. The van der Waals surface area contributed by atoms with Gasteiger partial charge in [-0.05, 0) is 37.5 Å². The Bertz CT molecular complexity index is 908. The van der Waals surface area contributed by atoms with E-state index < -0.39 is 5.54 Å². The molecule has 0 saturated carbocycles. The highest BCUT2D eigenvalue weighted by Gasteiger charge is 2.57. The summed E-state index contributed by atoms with van der Waals surface area (Å²) in [5, 5.41) is 0. The van der Waals surface area contributed by atoms with Crippen molar-refractivity contribution in [1.29, 1.82) is 0 Å².